The molecule has 0 bridgehead atoms. The van der Waals surface area contributed by atoms with Gasteiger partial charge in [0.25, 0.3) is 5.56 Å². The van der Waals surface area contributed by atoms with Crippen molar-refractivity contribution in [1.29, 1.82) is 5.26 Å². The summed E-state index contributed by atoms with van der Waals surface area (Å²) in [5.41, 5.74) is 1.70. The summed E-state index contributed by atoms with van der Waals surface area (Å²) in [4.78, 5) is 35.8. The second-order valence-electron chi connectivity index (χ2n) is 5.92. The lowest BCUT2D eigenvalue weighted by molar-refractivity contribution is -0.137. The molecule has 1 aromatic carbocycles. The predicted octanol–water partition coefficient (Wildman–Crippen LogP) is 1.95. The number of carbonyl (C=O) groups is 2. The van der Waals surface area contributed by atoms with Crippen LogP contribution in [-0.2, 0) is 20.9 Å². The third-order valence-corrected chi connectivity index (χ3v) is 3.93. The van der Waals surface area contributed by atoms with E-state index in [-0.39, 0.29) is 12.1 Å². The molecule has 0 atom stereocenters. The van der Waals surface area contributed by atoms with Gasteiger partial charge in [0, 0.05) is 11.8 Å². The molecule has 8 nitrogen and oxygen atoms in total. The summed E-state index contributed by atoms with van der Waals surface area (Å²) >= 11 is 0. The van der Waals surface area contributed by atoms with Gasteiger partial charge >= 0.3 is 5.97 Å². The molecule has 0 aliphatic heterocycles. The third kappa shape index (κ3) is 5.14. The Morgan fingerprint density at radius 3 is 2.57 bits per heavy atom. The highest BCUT2D eigenvalue weighted by Gasteiger charge is 2.14. The Kier molecular flexibility index (Phi) is 6.82. The monoisotopic (exact) mass is 380 g/mol. The molecule has 1 heterocycles. The molecular weight excluding hydrogens is 360 g/mol. The normalized spacial score (nSPS) is 10.5. The molecule has 28 heavy (non-hydrogen) atoms. The summed E-state index contributed by atoms with van der Waals surface area (Å²) < 4.78 is 5.78. The van der Waals surface area contributed by atoms with Gasteiger partial charge in [-0.2, -0.15) is 10.4 Å². The molecule has 1 amide bonds. The molecule has 1 N–H and O–H groups in total. The molecular formula is C20H20N4O4. The molecule has 0 saturated carbocycles. The summed E-state index contributed by atoms with van der Waals surface area (Å²) in [6.07, 6.45) is 2.92. The fourth-order valence-corrected chi connectivity index (χ4v) is 2.38. The van der Waals surface area contributed by atoms with Gasteiger partial charge in [-0.05, 0) is 50.1 Å². The number of nitrogens with one attached hydrogen (secondary N) is 1. The van der Waals surface area contributed by atoms with Crippen LogP contribution in [0, 0.1) is 25.2 Å². The van der Waals surface area contributed by atoms with Crippen LogP contribution >= 0.6 is 0 Å². The van der Waals surface area contributed by atoms with E-state index in [9.17, 15) is 14.4 Å². The van der Waals surface area contributed by atoms with E-state index in [0.717, 1.165) is 10.2 Å². The minimum absolute atomic E-state index is 0.0157. The second-order valence-corrected chi connectivity index (χ2v) is 5.92. The van der Waals surface area contributed by atoms with Crippen LogP contribution in [0.15, 0.2) is 35.1 Å². The number of rotatable bonds is 6. The van der Waals surface area contributed by atoms with E-state index in [1.807, 2.05) is 6.07 Å². The quantitative estimate of drug-likeness (QED) is 0.605. The Labute approximate surface area is 162 Å². The molecule has 0 radical (unpaired) electrons. The van der Waals surface area contributed by atoms with Gasteiger partial charge in [-0.15, -0.1) is 0 Å². The van der Waals surface area contributed by atoms with Crippen molar-refractivity contribution in [2.75, 3.05) is 11.9 Å². The van der Waals surface area contributed by atoms with Gasteiger partial charge in [0.05, 0.1) is 12.3 Å². The zero-order valence-electron chi connectivity index (χ0n) is 15.9. The average molecular weight is 380 g/mol. The number of esters is 1. The number of hydrogen-bond donors (Lipinski definition) is 1. The molecule has 1 aromatic heterocycles. The van der Waals surface area contributed by atoms with Gasteiger partial charge in [-0.25, -0.2) is 9.48 Å². The number of carbonyl (C=O) groups excluding carboxylic acids is 2. The summed E-state index contributed by atoms with van der Waals surface area (Å²) in [6, 6.07) is 8.63. The molecule has 8 heteroatoms. The van der Waals surface area contributed by atoms with Gasteiger partial charge < -0.3 is 10.1 Å². The standard InChI is InChI=1S/C20H20N4O4/c1-4-28-19(26)10-7-15-5-8-16(9-6-15)22-18(25)12-24-20(27)17(11-21)13(2)14(3)23-24/h5-10H,4,12H2,1-3H3,(H,22,25). The first kappa shape index (κ1) is 20.6. The van der Waals surface area contributed by atoms with Crippen molar-refractivity contribution < 1.29 is 14.3 Å². The number of aromatic nitrogens is 2. The van der Waals surface area contributed by atoms with Crippen molar-refractivity contribution in [1.82, 2.24) is 9.78 Å². The maximum absolute atomic E-state index is 12.2. The van der Waals surface area contributed by atoms with E-state index < -0.39 is 17.4 Å². The van der Waals surface area contributed by atoms with Crippen molar-refractivity contribution in [3.05, 3.63) is 63.1 Å². The Hall–Kier alpha value is -3.73. The first-order chi connectivity index (χ1) is 13.3. The fraction of sp³-hybridized carbons (Fsp3) is 0.250. The van der Waals surface area contributed by atoms with Crippen LogP contribution < -0.4 is 10.9 Å². The van der Waals surface area contributed by atoms with Crippen LogP contribution in [0.2, 0.25) is 0 Å². The number of amides is 1. The van der Waals surface area contributed by atoms with Crippen molar-refractivity contribution in [3.63, 3.8) is 0 Å². The maximum Gasteiger partial charge on any atom is 0.330 e. The highest BCUT2D eigenvalue weighted by molar-refractivity contribution is 5.91. The maximum atomic E-state index is 12.2. The summed E-state index contributed by atoms with van der Waals surface area (Å²) in [5, 5.41) is 15.9. The number of hydrogen-bond acceptors (Lipinski definition) is 6. The van der Waals surface area contributed by atoms with E-state index in [0.29, 0.717) is 23.6 Å². The van der Waals surface area contributed by atoms with Crippen LogP contribution in [0.4, 0.5) is 5.69 Å². The van der Waals surface area contributed by atoms with Gasteiger partial charge in [0.1, 0.15) is 18.2 Å². The first-order valence-electron chi connectivity index (χ1n) is 8.58. The minimum atomic E-state index is -0.597. The van der Waals surface area contributed by atoms with Gasteiger partial charge in [-0.3, -0.25) is 9.59 Å². The van der Waals surface area contributed by atoms with E-state index in [2.05, 4.69) is 10.4 Å². The zero-order valence-corrected chi connectivity index (χ0v) is 15.9. The molecule has 2 rings (SSSR count). The Bertz CT molecular complexity index is 1010. The smallest absolute Gasteiger partial charge is 0.330 e. The van der Waals surface area contributed by atoms with Crippen LogP contribution in [-0.4, -0.2) is 28.3 Å². The van der Waals surface area contributed by atoms with E-state index in [4.69, 9.17) is 10.00 Å². The number of nitriles is 1. The van der Waals surface area contributed by atoms with Crippen molar-refractivity contribution in [3.8, 4) is 6.07 Å². The number of anilines is 1. The Morgan fingerprint density at radius 1 is 1.29 bits per heavy atom. The zero-order chi connectivity index (χ0) is 20.7. The topological polar surface area (TPSA) is 114 Å². The van der Waals surface area contributed by atoms with E-state index >= 15 is 0 Å². The number of benzene rings is 1. The molecule has 0 aliphatic rings. The highest BCUT2D eigenvalue weighted by Crippen LogP contribution is 2.11. The lowest BCUT2D eigenvalue weighted by Crippen LogP contribution is -2.32. The molecule has 0 aliphatic carbocycles. The number of aryl methyl sites for hydroxylation is 1. The molecule has 0 fully saturated rings. The molecule has 2 aromatic rings. The summed E-state index contributed by atoms with van der Waals surface area (Å²) in [6.45, 7) is 5.05. The largest absolute Gasteiger partial charge is 0.463 e. The first-order valence-corrected chi connectivity index (χ1v) is 8.58. The molecule has 0 unspecified atom stereocenters. The van der Waals surface area contributed by atoms with Crippen LogP contribution in [0.5, 0.6) is 0 Å². The van der Waals surface area contributed by atoms with Crippen molar-refractivity contribution in [2.24, 2.45) is 0 Å². The highest BCUT2D eigenvalue weighted by atomic mass is 16.5. The predicted molar refractivity (Wildman–Crippen MR) is 103 cm³/mol. The van der Waals surface area contributed by atoms with Gasteiger partial charge in [-0.1, -0.05) is 12.1 Å². The van der Waals surface area contributed by atoms with Gasteiger partial charge in [0.2, 0.25) is 5.91 Å². The molecule has 0 spiro atoms. The summed E-state index contributed by atoms with van der Waals surface area (Å²) in [5.74, 6) is -0.875. The van der Waals surface area contributed by atoms with E-state index in [1.165, 1.54) is 6.08 Å². The van der Waals surface area contributed by atoms with Crippen LogP contribution in [0.25, 0.3) is 6.08 Å². The van der Waals surface area contributed by atoms with E-state index in [1.54, 1.807) is 51.1 Å². The Balaban J connectivity index is 2.06. The van der Waals surface area contributed by atoms with Crippen molar-refractivity contribution in [2.45, 2.75) is 27.3 Å². The third-order valence-electron chi connectivity index (χ3n) is 3.93. The number of nitrogens with zero attached hydrogens (tertiary/aromatic N) is 3. The van der Waals surface area contributed by atoms with Crippen LogP contribution in [0.1, 0.15) is 29.3 Å². The minimum Gasteiger partial charge on any atom is -0.463 e. The second kappa shape index (κ2) is 9.28. The molecule has 144 valence electrons. The fourth-order valence-electron chi connectivity index (χ4n) is 2.38. The van der Waals surface area contributed by atoms with Crippen molar-refractivity contribution >= 4 is 23.6 Å². The van der Waals surface area contributed by atoms with Crippen LogP contribution in [0.3, 0.4) is 0 Å². The SMILES string of the molecule is CCOC(=O)C=Cc1ccc(NC(=O)Cn2nc(C)c(C)c(C#N)c2=O)cc1. The molecule has 0 saturated heterocycles. The lowest BCUT2D eigenvalue weighted by atomic mass is 10.1. The summed E-state index contributed by atoms with van der Waals surface area (Å²) in [7, 11) is 0. The average Bonchev–Trinajstić information content (AvgIpc) is 2.66. The number of ether oxygens (including phenoxy) is 1. The lowest BCUT2D eigenvalue weighted by Gasteiger charge is -2.09. The Morgan fingerprint density at radius 2 is 1.96 bits per heavy atom. The van der Waals surface area contributed by atoms with Gasteiger partial charge in [0.15, 0.2) is 0 Å².